The monoisotopic (exact) mass is 1900 g/mol. The van der Waals surface area contributed by atoms with E-state index in [0.29, 0.717) is 487 Å². The highest BCUT2D eigenvalue weighted by molar-refractivity contribution is 8.76. The molecule has 1 rings (SSSR count). The average molecular weight is 1900 g/mol. The van der Waals surface area contributed by atoms with Gasteiger partial charge in [-0.15, -0.1) is 5.10 Å². The van der Waals surface area contributed by atoms with E-state index in [1.807, 2.05) is 13.1 Å². The van der Waals surface area contributed by atoms with Crippen LogP contribution in [0.1, 0.15) is 25.5 Å². The van der Waals surface area contributed by atoms with Gasteiger partial charge in [0.2, 0.25) is 11.8 Å². The Morgan fingerprint density at radius 1 is 0.266 bits per heavy atom. The fourth-order valence-corrected chi connectivity index (χ4v) is 11.4. The van der Waals surface area contributed by atoms with E-state index in [4.69, 9.17) is 167 Å². The Labute approximate surface area is 767 Å². The number of carbonyl (C=O) groups excluding carboxylic acids is 3. The molecule has 1 aromatic rings. The molecule has 0 aliphatic heterocycles. The Morgan fingerprint density at radius 3 is 0.617 bits per heavy atom. The summed E-state index contributed by atoms with van der Waals surface area (Å²) in [7, 11) is 3.03. The number of nitrogens with zero attached hydrogens (tertiary/aromatic N) is 3. The van der Waals surface area contributed by atoms with Gasteiger partial charge in [0.1, 0.15) is 5.78 Å². The van der Waals surface area contributed by atoms with Gasteiger partial charge >= 0.3 is 0 Å². The van der Waals surface area contributed by atoms with Crippen molar-refractivity contribution in [2.24, 2.45) is 5.73 Å². The lowest BCUT2D eigenvalue weighted by Gasteiger charge is -2.09. The topological polar surface area (TPSA) is 446 Å². The van der Waals surface area contributed by atoms with Crippen molar-refractivity contribution < 1.29 is 175 Å². The summed E-state index contributed by atoms with van der Waals surface area (Å²) in [5.41, 5.74) is 6.57. The van der Waals surface area contributed by atoms with Crippen molar-refractivity contribution in [3.8, 4) is 0 Å². The second-order valence-electron chi connectivity index (χ2n) is 26.5. The van der Waals surface area contributed by atoms with E-state index in [1.54, 1.807) is 4.68 Å². The number of rotatable bonds is 115. The Kier molecular flexibility index (Phi) is 105. The fraction of sp³-hybridized carbons (Fsp3) is 0.940. The van der Waals surface area contributed by atoms with Gasteiger partial charge in [-0.2, -0.15) is 0 Å². The lowest BCUT2D eigenvalue weighted by Crippen LogP contribution is -2.30. The Hall–Kier alpha value is -2.95. The number of ether oxygens (including phenoxy) is 34. The number of nitrogens with one attached hydrogen (secondary N) is 2. The van der Waals surface area contributed by atoms with Crippen molar-refractivity contribution in [3.05, 3.63) is 11.9 Å². The van der Waals surface area contributed by atoms with E-state index < -0.39 is 6.04 Å². The van der Waals surface area contributed by atoms with Crippen LogP contribution >= 0.6 is 21.6 Å². The van der Waals surface area contributed by atoms with Crippen LogP contribution in [0.25, 0.3) is 0 Å². The number of nitrogens with two attached hydrogens (primary N) is 1. The van der Waals surface area contributed by atoms with Crippen LogP contribution in [-0.4, -0.2) is 512 Å². The summed E-state index contributed by atoms with van der Waals surface area (Å²) < 4.78 is 190. The lowest BCUT2D eigenvalue weighted by molar-refractivity contribution is -0.123. The van der Waals surface area contributed by atoms with Crippen LogP contribution in [0.3, 0.4) is 0 Å². The van der Waals surface area contributed by atoms with Gasteiger partial charge in [0.15, 0.2) is 0 Å². The first-order valence-electron chi connectivity index (χ1n) is 44.9. The summed E-state index contributed by atoms with van der Waals surface area (Å²) in [6.07, 6.45) is 2.52. The van der Waals surface area contributed by atoms with E-state index in [2.05, 4.69) is 20.9 Å². The number of aryl methyl sites for hydroxylation is 1. The van der Waals surface area contributed by atoms with Gasteiger partial charge in [-0.3, -0.25) is 14.4 Å². The molecule has 4 N–H and O–H groups in total. The number of ketones is 1. The van der Waals surface area contributed by atoms with Gasteiger partial charge in [0.05, 0.1) is 468 Å². The molecule has 0 aromatic carbocycles. The quantitative estimate of drug-likeness (QED) is 0.0589. The fourth-order valence-electron chi connectivity index (χ4n) is 9.20. The minimum atomic E-state index is -0.457. The smallest absolute Gasteiger partial charge is 0.222 e. The molecule has 0 spiro atoms. The van der Waals surface area contributed by atoms with Crippen molar-refractivity contribution in [1.82, 2.24) is 25.6 Å². The molecule has 0 fully saturated rings. The largest absolute Gasteiger partial charge is 0.379 e. The lowest BCUT2D eigenvalue weighted by atomic mass is 10.3. The summed E-state index contributed by atoms with van der Waals surface area (Å²) in [5, 5.41) is 13.5. The normalized spacial score (nSPS) is 12.0. The third-order valence-corrected chi connectivity index (χ3v) is 18.3. The van der Waals surface area contributed by atoms with Crippen molar-refractivity contribution in [2.45, 2.75) is 39.3 Å². The first-order chi connectivity index (χ1) is 63.4. The summed E-state index contributed by atoms with van der Waals surface area (Å²) >= 11 is 0. The SMILES string of the molecule is CC(=O)[C@@H](N)CSSCCC(=O)NCCOCCOCCOCCOCCOCCOCCOCCOCCOCCOCCOCCOCCOCCOCCOCCOCCOCCOCCOCCOCCOCCOCCOCCOCCC(=O)NCCOCCOCCOCCOCCOCCOCCOCCOCCOCCOCCn1cc(C)nn1. The minimum Gasteiger partial charge on any atom is -0.379 e. The molecule has 1 aromatic heterocycles. The van der Waals surface area contributed by atoms with E-state index in [9.17, 15) is 14.4 Å². The molecule has 0 unspecified atom stereocenters. The molecule has 0 saturated heterocycles. The van der Waals surface area contributed by atoms with Gasteiger partial charge in [0, 0.05) is 43.6 Å². The van der Waals surface area contributed by atoms with Crippen molar-refractivity contribution in [3.63, 3.8) is 0 Å². The predicted molar refractivity (Wildman–Crippen MR) is 471 cm³/mol. The Morgan fingerprint density at radius 2 is 0.438 bits per heavy atom. The second kappa shape index (κ2) is 109. The maximum atomic E-state index is 12.1. The Balaban J connectivity index is 1.60. The molecule has 45 heteroatoms. The Bertz CT molecular complexity index is 2350. The van der Waals surface area contributed by atoms with Crippen LogP contribution < -0.4 is 16.4 Å². The van der Waals surface area contributed by atoms with E-state index in [0.717, 1.165) is 5.69 Å². The molecule has 0 radical (unpaired) electrons. The van der Waals surface area contributed by atoms with Crippen molar-refractivity contribution >= 4 is 39.2 Å². The number of hydrogen-bond acceptors (Lipinski definition) is 42. The first kappa shape index (κ1) is 123. The van der Waals surface area contributed by atoms with Crippen LogP contribution in [0, 0.1) is 6.92 Å². The van der Waals surface area contributed by atoms with Crippen LogP contribution in [0.2, 0.25) is 0 Å². The summed E-state index contributed by atoms with van der Waals surface area (Å²) in [5.74, 6) is 1.01. The maximum Gasteiger partial charge on any atom is 0.222 e. The number of Topliss-reactive ketones (excluding diaryl/α,β-unsaturated/α-hetero) is 1. The molecule has 128 heavy (non-hydrogen) atoms. The van der Waals surface area contributed by atoms with Crippen molar-refractivity contribution in [1.29, 1.82) is 0 Å². The minimum absolute atomic E-state index is 0.0346. The third kappa shape index (κ3) is 105. The number of amides is 2. The molecule has 758 valence electrons. The zero-order valence-corrected chi connectivity index (χ0v) is 78.7. The molecule has 0 bridgehead atoms. The zero-order chi connectivity index (χ0) is 91.5. The molecular formula is C83H162N6O37S2. The van der Waals surface area contributed by atoms with Gasteiger partial charge in [-0.05, 0) is 13.8 Å². The van der Waals surface area contributed by atoms with E-state index in [-0.39, 0.29) is 24.0 Å². The molecule has 0 aliphatic carbocycles. The van der Waals surface area contributed by atoms with Gasteiger partial charge in [-0.25, -0.2) is 4.68 Å². The van der Waals surface area contributed by atoms with Gasteiger partial charge in [-0.1, -0.05) is 26.8 Å². The van der Waals surface area contributed by atoms with E-state index in [1.165, 1.54) is 28.5 Å². The first-order valence-corrected chi connectivity index (χ1v) is 47.4. The summed E-state index contributed by atoms with van der Waals surface area (Å²) in [6.45, 7) is 36.2. The second-order valence-corrected chi connectivity index (χ2v) is 29.1. The average Bonchev–Trinajstić information content (AvgIpc) is 1.80. The summed E-state index contributed by atoms with van der Waals surface area (Å²) in [6, 6.07) is -0.457. The van der Waals surface area contributed by atoms with Crippen LogP contribution in [0.5, 0.6) is 0 Å². The van der Waals surface area contributed by atoms with Crippen LogP contribution in [0.4, 0.5) is 0 Å². The molecular weight excluding hydrogens is 1740 g/mol. The highest BCUT2D eigenvalue weighted by Gasteiger charge is 2.11. The maximum absolute atomic E-state index is 12.1. The van der Waals surface area contributed by atoms with E-state index >= 15 is 0 Å². The predicted octanol–water partition coefficient (Wildman–Crippen LogP) is 0.461. The highest BCUT2D eigenvalue weighted by atomic mass is 33.1. The number of hydrogen-bond donors (Lipinski definition) is 3. The van der Waals surface area contributed by atoms with Gasteiger partial charge < -0.3 is 177 Å². The van der Waals surface area contributed by atoms with Crippen LogP contribution in [0.15, 0.2) is 6.20 Å². The molecule has 0 saturated carbocycles. The third-order valence-electron chi connectivity index (χ3n) is 15.9. The summed E-state index contributed by atoms with van der Waals surface area (Å²) in [4.78, 5) is 35.1. The van der Waals surface area contributed by atoms with Gasteiger partial charge in [0.25, 0.3) is 0 Å². The molecule has 43 nitrogen and oxygen atoms in total. The highest BCUT2D eigenvalue weighted by Crippen LogP contribution is 2.22. The zero-order valence-electron chi connectivity index (χ0n) is 77.0. The molecule has 0 aliphatic rings. The number of carbonyl (C=O) groups is 3. The van der Waals surface area contributed by atoms with Crippen LogP contribution in [-0.2, 0) is 182 Å². The number of aromatic nitrogens is 3. The molecule has 1 heterocycles. The molecule has 1 atom stereocenters. The van der Waals surface area contributed by atoms with Crippen molar-refractivity contribution in [2.75, 3.05) is 474 Å². The molecule has 2 amide bonds. The standard InChI is InChI=1S/C83H162N6O37S2/c1-79-77-89(88-87-79)7-11-96-15-19-100-23-27-104-31-35-108-39-43-112-47-45-110-41-37-106-33-29-102-25-21-98-17-13-94-9-5-85-82(91)3-8-93-12-16-97-20-24-101-28-32-105-36-40-109-44-48-113-50-52-115-54-56-117-58-60-119-62-64-121-66-68-123-70-72-125-74-75-126-73-71-124-69-67-122-65-63-120-61-59-118-57-55-116-53-51-114-49-46-111-42-38-107-34-30-103-26-22-99-18-14-95-10-6-86-83(92)4-76-127-128-78-81(84)80(2)90/h77,81H,3-76,78,84H2,1-2H3,(H,85,91)(H,86,92)/t81-/m0/s1.